The predicted octanol–water partition coefficient (Wildman–Crippen LogP) is 2.00. The van der Waals surface area contributed by atoms with Gasteiger partial charge in [-0.15, -0.1) is 0 Å². The van der Waals surface area contributed by atoms with Crippen LogP contribution in [0.15, 0.2) is 41.1 Å². The quantitative estimate of drug-likeness (QED) is 0.676. The van der Waals surface area contributed by atoms with Crippen molar-refractivity contribution in [1.29, 1.82) is 0 Å². The molecular formula is C16H17N3O3S. The minimum absolute atomic E-state index is 0.147. The molecule has 6 nitrogen and oxygen atoms in total. The fourth-order valence-corrected chi connectivity index (χ4v) is 2.60. The molecule has 4 N–H and O–H groups in total. The van der Waals surface area contributed by atoms with E-state index >= 15 is 0 Å². The lowest BCUT2D eigenvalue weighted by Gasteiger charge is -2.09. The van der Waals surface area contributed by atoms with Crippen LogP contribution in [0.1, 0.15) is 33.6 Å². The smallest absolute Gasteiger partial charge is 0.252 e. The third-order valence-electron chi connectivity index (χ3n) is 3.12. The second-order valence-corrected chi connectivity index (χ2v) is 5.61. The molecule has 1 aromatic heterocycles. The summed E-state index contributed by atoms with van der Waals surface area (Å²) in [5.74, 6) is -0.974. The number of nitrogens with two attached hydrogens (primary N) is 1. The van der Waals surface area contributed by atoms with Crippen LogP contribution in [-0.2, 0) is 4.79 Å². The number of hydrogen-bond donors (Lipinski definition) is 3. The van der Waals surface area contributed by atoms with Gasteiger partial charge in [0.15, 0.2) is 0 Å². The first kappa shape index (κ1) is 16.7. The van der Waals surface area contributed by atoms with E-state index in [1.807, 2.05) is 5.38 Å². The predicted molar refractivity (Wildman–Crippen MR) is 89.5 cm³/mol. The van der Waals surface area contributed by atoms with Gasteiger partial charge in [0.2, 0.25) is 5.91 Å². The summed E-state index contributed by atoms with van der Waals surface area (Å²) >= 11 is 1.45. The van der Waals surface area contributed by atoms with Crippen molar-refractivity contribution in [2.24, 2.45) is 5.73 Å². The van der Waals surface area contributed by atoms with Crippen LogP contribution in [-0.4, -0.2) is 24.3 Å². The molecule has 0 atom stereocenters. The number of carbonyl (C=O) groups excluding carboxylic acids is 3. The molecule has 0 fully saturated rings. The summed E-state index contributed by atoms with van der Waals surface area (Å²) < 4.78 is 0. The van der Waals surface area contributed by atoms with Gasteiger partial charge in [0, 0.05) is 23.9 Å². The van der Waals surface area contributed by atoms with Crippen molar-refractivity contribution in [3.63, 3.8) is 0 Å². The van der Waals surface area contributed by atoms with E-state index in [-0.39, 0.29) is 23.8 Å². The van der Waals surface area contributed by atoms with Gasteiger partial charge < -0.3 is 16.4 Å². The third kappa shape index (κ3) is 4.93. The summed E-state index contributed by atoms with van der Waals surface area (Å²) in [4.78, 5) is 34.9. The zero-order chi connectivity index (χ0) is 16.7. The maximum absolute atomic E-state index is 11.9. The monoisotopic (exact) mass is 331 g/mol. The lowest BCUT2D eigenvalue weighted by Crippen LogP contribution is -2.25. The lowest BCUT2D eigenvalue weighted by atomic mass is 10.1. The fraction of sp³-hybridized carbons (Fsp3) is 0.188. The molecule has 0 saturated carbocycles. The van der Waals surface area contributed by atoms with Crippen LogP contribution in [0.3, 0.4) is 0 Å². The number of benzene rings is 1. The van der Waals surface area contributed by atoms with Crippen LogP contribution < -0.4 is 16.4 Å². The normalized spacial score (nSPS) is 10.1. The van der Waals surface area contributed by atoms with E-state index in [0.29, 0.717) is 24.2 Å². The molecular weight excluding hydrogens is 314 g/mol. The molecule has 0 aliphatic rings. The number of anilines is 1. The minimum atomic E-state index is -0.594. The van der Waals surface area contributed by atoms with Gasteiger partial charge in [0.1, 0.15) is 0 Å². The van der Waals surface area contributed by atoms with Gasteiger partial charge in [-0.3, -0.25) is 14.4 Å². The molecule has 0 radical (unpaired) electrons. The van der Waals surface area contributed by atoms with Crippen LogP contribution >= 0.6 is 11.3 Å². The topological polar surface area (TPSA) is 101 Å². The van der Waals surface area contributed by atoms with Crippen molar-refractivity contribution in [2.45, 2.75) is 12.8 Å². The number of amides is 3. The molecule has 2 aromatic rings. The van der Waals surface area contributed by atoms with Crippen molar-refractivity contribution in [3.05, 3.63) is 52.2 Å². The van der Waals surface area contributed by atoms with Gasteiger partial charge in [0.25, 0.3) is 11.8 Å². The maximum atomic E-state index is 11.9. The summed E-state index contributed by atoms with van der Waals surface area (Å²) in [5, 5.41) is 9.00. The van der Waals surface area contributed by atoms with Crippen LogP contribution in [0.25, 0.3) is 0 Å². The number of carbonyl (C=O) groups is 3. The standard InChI is InChI=1S/C16H17N3O3S/c17-15(21)12-4-1-2-5-13(12)19-14(20)6-3-8-18-16(22)11-7-9-23-10-11/h1-2,4-5,7,9-10H,3,6,8H2,(H2,17,21)(H,18,22)(H,19,20). The average Bonchev–Trinajstić information content (AvgIpc) is 3.06. The number of thiophene rings is 1. The molecule has 23 heavy (non-hydrogen) atoms. The van der Waals surface area contributed by atoms with Crippen LogP contribution in [0, 0.1) is 0 Å². The highest BCUT2D eigenvalue weighted by Crippen LogP contribution is 2.14. The van der Waals surface area contributed by atoms with Crippen LogP contribution in [0.2, 0.25) is 0 Å². The Morgan fingerprint density at radius 3 is 2.61 bits per heavy atom. The second-order valence-electron chi connectivity index (χ2n) is 4.83. The van der Waals surface area contributed by atoms with Gasteiger partial charge in [-0.25, -0.2) is 0 Å². The molecule has 120 valence electrons. The number of primary amides is 1. The molecule has 0 aliphatic heterocycles. The number of para-hydroxylation sites is 1. The molecule has 2 rings (SSSR count). The average molecular weight is 331 g/mol. The summed E-state index contributed by atoms with van der Waals surface area (Å²) in [7, 11) is 0. The molecule has 1 aromatic carbocycles. The highest BCUT2D eigenvalue weighted by atomic mass is 32.1. The third-order valence-corrected chi connectivity index (χ3v) is 3.80. The van der Waals surface area contributed by atoms with E-state index in [1.54, 1.807) is 35.7 Å². The number of rotatable bonds is 7. The van der Waals surface area contributed by atoms with Crippen molar-refractivity contribution >= 4 is 34.7 Å². The highest BCUT2D eigenvalue weighted by Gasteiger charge is 2.10. The van der Waals surface area contributed by atoms with Crippen molar-refractivity contribution < 1.29 is 14.4 Å². The number of hydrogen-bond acceptors (Lipinski definition) is 4. The Morgan fingerprint density at radius 2 is 1.91 bits per heavy atom. The molecule has 0 aliphatic carbocycles. The van der Waals surface area contributed by atoms with Crippen molar-refractivity contribution in [3.8, 4) is 0 Å². The molecule has 0 bridgehead atoms. The van der Waals surface area contributed by atoms with E-state index in [1.165, 1.54) is 11.3 Å². The first-order valence-electron chi connectivity index (χ1n) is 7.07. The zero-order valence-electron chi connectivity index (χ0n) is 12.4. The first-order chi connectivity index (χ1) is 11.1. The Bertz CT molecular complexity index is 698. The van der Waals surface area contributed by atoms with Gasteiger partial charge in [0.05, 0.1) is 11.3 Å². The molecule has 3 amide bonds. The summed E-state index contributed by atoms with van der Waals surface area (Å²) in [6.45, 7) is 0.402. The highest BCUT2D eigenvalue weighted by molar-refractivity contribution is 7.08. The maximum Gasteiger partial charge on any atom is 0.252 e. The summed E-state index contributed by atoms with van der Waals surface area (Å²) in [6.07, 6.45) is 0.734. The Kier molecular flexibility index (Phi) is 5.87. The van der Waals surface area contributed by atoms with E-state index in [4.69, 9.17) is 5.73 Å². The van der Waals surface area contributed by atoms with E-state index < -0.39 is 5.91 Å². The largest absolute Gasteiger partial charge is 0.366 e. The lowest BCUT2D eigenvalue weighted by molar-refractivity contribution is -0.116. The van der Waals surface area contributed by atoms with Gasteiger partial charge in [-0.05, 0) is 30.0 Å². The molecule has 7 heteroatoms. The van der Waals surface area contributed by atoms with Crippen molar-refractivity contribution in [1.82, 2.24) is 5.32 Å². The Balaban J connectivity index is 1.76. The molecule has 0 saturated heterocycles. The van der Waals surface area contributed by atoms with Gasteiger partial charge >= 0.3 is 0 Å². The second kappa shape index (κ2) is 8.09. The summed E-state index contributed by atoms with van der Waals surface area (Å²) in [6, 6.07) is 8.31. The zero-order valence-corrected chi connectivity index (χ0v) is 13.2. The summed E-state index contributed by atoms with van der Waals surface area (Å²) in [5.41, 5.74) is 6.54. The van der Waals surface area contributed by atoms with Gasteiger partial charge in [-0.2, -0.15) is 11.3 Å². The van der Waals surface area contributed by atoms with E-state index in [2.05, 4.69) is 10.6 Å². The van der Waals surface area contributed by atoms with Gasteiger partial charge in [-0.1, -0.05) is 12.1 Å². The van der Waals surface area contributed by atoms with Crippen LogP contribution in [0.5, 0.6) is 0 Å². The Hall–Kier alpha value is -2.67. The molecule has 0 unspecified atom stereocenters. The van der Waals surface area contributed by atoms with E-state index in [9.17, 15) is 14.4 Å². The first-order valence-corrected chi connectivity index (χ1v) is 8.01. The van der Waals surface area contributed by atoms with Crippen molar-refractivity contribution in [2.75, 3.05) is 11.9 Å². The minimum Gasteiger partial charge on any atom is -0.366 e. The Morgan fingerprint density at radius 1 is 1.13 bits per heavy atom. The fourth-order valence-electron chi connectivity index (χ4n) is 1.97. The van der Waals surface area contributed by atoms with E-state index in [0.717, 1.165) is 0 Å². The molecule has 1 heterocycles. The Labute approximate surface area is 137 Å². The SMILES string of the molecule is NC(=O)c1ccccc1NC(=O)CCCNC(=O)c1ccsc1. The van der Waals surface area contributed by atoms with Crippen LogP contribution in [0.4, 0.5) is 5.69 Å². The molecule has 0 spiro atoms. The number of nitrogens with one attached hydrogen (secondary N) is 2.